The fourth-order valence-electron chi connectivity index (χ4n) is 0.879. The predicted molar refractivity (Wildman–Crippen MR) is 51.6 cm³/mol. The number of carbonyl (C=O) groups is 2. The summed E-state index contributed by atoms with van der Waals surface area (Å²) in [7, 11) is 2.68. The van der Waals surface area contributed by atoms with Gasteiger partial charge in [0, 0.05) is 0 Å². The lowest BCUT2D eigenvalue weighted by Crippen LogP contribution is -2.05. The van der Waals surface area contributed by atoms with Crippen molar-refractivity contribution < 1.29 is 19.1 Å². The molecular weight excluding hydrogens is 184 g/mol. The Balaban J connectivity index is 4.28. The van der Waals surface area contributed by atoms with E-state index in [2.05, 4.69) is 9.47 Å². The van der Waals surface area contributed by atoms with Gasteiger partial charge in [-0.25, -0.2) is 0 Å². The molecule has 0 radical (unpaired) electrons. The van der Waals surface area contributed by atoms with E-state index in [0.717, 1.165) is 11.1 Å². The molecule has 4 nitrogen and oxygen atoms in total. The van der Waals surface area contributed by atoms with Crippen molar-refractivity contribution in [3.8, 4) is 0 Å². The van der Waals surface area contributed by atoms with Gasteiger partial charge in [-0.2, -0.15) is 0 Å². The number of rotatable bonds is 4. The largest absolute Gasteiger partial charge is 0.469 e. The number of esters is 2. The van der Waals surface area contributed by atoms with Gasteiger partial charge < -0.3 is 9.47 Å². The molecule has 0 saturated heterocycles. The summed E-state index contributed by atoms with van der Waals surface area (Å²) in [6, 6.07) is 0. The van der Waals surface area contributed by atoms with Crippen LogP contribution >= 0.6 is 0 Å². The van der Waals surface area contributed by atoms with Gasteiger partial charge in [0.05, 0.1) is 27.1 Å². The van der Waals surface area contributed by atoms with E-state index in [1.54, 1.807) is 13.8 Å². The van der Waals surface area contributed by atoms with E-state index in [0.29, 0.717) is 0 Å². The summed E-state index contributed by atoms with van der Waals surface area (Å²) < 4.78 is 9.03. The zero-order valence-electron chi connectivity index (χ0n) is 9.05. The molecule has 0 unspecified atom stereocenters. The number of ether oxygens (including phenoxy) is 2. The third kappa shape index (κ3) is 4.64. The minimum atomic E-state index is -0.299. The van der Waals surface area contributed by atoms with E-state index in [1.165, 1.54) is 14.2 Å². The molecule has 0 aliphatic rings. The Bertz CT molecular complexity index is 227. The first-order valence-corrected chi connectivity index (χ1v) is 4.30. The van der Waals surface area contributed by atoms with Crippen molar-refractivity contribution in [3.05, 3.63) is 11.1 Å². The molecule has 0 bridgehead atoms. The molecule has 0 saturated carbocycles. The molecule has 80 valence electrons. The van der Waals surface area contributed by atoms with Crippen LogP contribution in [0, 0.1) is 0 Å². The molecule has 0 heterocycles. The molecule has 0 aliphatic carbocycles. The topological polar surface area (TPSA) is 52.6 Å². The van der Waals surface area contributed by atoms with Crippen molar-refractivity contribution in [1.29, 1.82) is 0 Å². The van der Waals surface area contributed by atoms with E-state index >= 15 is 0 Å². The van der Waals surface area contributed by atoms with Crippen molar-refractivity contribution in [1.82, 2.24) is 0 Å². The molecular formula is C10H16O4. The van der Waals surface area contributed by atoms with Gasteiger partial charge in [-0.3, -0.25) is 9.59 Å². The highest BCUT2D eigenvalue weighted by Crippen LogP contribution is 2.12. The summed E-state index contributed by atoms with van der Waals surface area (Å²) in [5.74, 6) is -0.599. The quantitative estimate of drug-likeness (QED) is 0.509. The Labute approximate surface area is 83.9 Å². The Hall–Kier alpha value is -1.32. The van der Waals surface area contributed by atoms with Crippen LogP contribution in [-0.4, -0.2) is 26.2 Å². The van der Waals surface area contributed by atoms with Crippen molar-refractivity contribution in [2.24, 2.45) is 0 Å². The van der Waals surface area contributed by atoms with Gasteiger partial charge in [-0.1, -0.05) is 11.1 Å². The summed E-state index contributed by atoms with van der Waals surface area (Å²) in [4.78, 5) is 21.8. The Kier molecular flexibility index (Phi) is 5.60. The molecule has 0 fully saturated rings. The lowest BCUT2D eigenvalue weighted by Gasteiger charge is -2.05. The summed E-state index contributed by atoms with van der Waals surface area (Å²) in [6.07, 6.45) is 0.443. The Morgan fingerprint density at radius 1 is 0.857 bits per heavy atom. The van der Waals surface area contributed by atoms with Crippen LogP contribution in [-0.2, 0) is 19.1 Å². The second-order valence-corrected chi connectivity index (χ2v) is 3.07. The number of hydrogen-bond donors (Lipinski definition) is 0. The molecule has 4 heteroatoms. The van der Waals surface area contributed by atoms with E-state index in [4.69, 9.17) is 0 Å². The maximum absolute atomic E-state index is 10.9. The monoisotopic (exact) mass is 200 g/mol. The minimum Gasteiger partial charge on any atom is -0.469 e. The summed E-state index contributed by atoms with van der Waals surface area (Å²) >= 11 is 0. The zero-order valence-corrected chi connectivity index (χ0v) is 9.05. The normalized spacial score (nSPS) is 11.7. The molecule has 0 aromatic heterocycles. The van der Waals surface area contributed by atoms with Gasteiger partial charge in [0.25, 0.3) is 0 Å². The second-order valence-electron chi connectivity index (χ2n) is 3.07. The highest BCUT2D eigenvalue weighted by Gasteiger charge is 2.08. The molecule has 0 aliphatic heterocycles. The average molecular weight is 200 g/mol. The number of methoxy groups -OCH3 is 2. The van der Waals surface area contributed by atoms with E-state index in [9.17, 15) is 9.59 Å². The van der Waals surface area contributed by atoms with Crippen LogP contribution in [0.15, 0.2) is 11.1 Å². The lowest BCUT2D eigenvalue weighted by atomic mass is 10.1. The number of hydrogen-bond acceptors (Lipinski definition) is 4. The lowest BCUT2D eigenvalue weighted by molar-refractivity contribution is -0.141. The number of carbonyl (C=O) groups excluding carboxylic acids is 2. The molecule has 0 rings (SSSR count). The fraction of sp³-hybridized carbons (Fsp3) is 0.600. The van der Waals surface area contributed by atoms with Crippen LogP contribution < -0.4 is 0 Å². The van der Waals surface area contributed by atoms with Gasteiger partial charge in [-0.05, 0) is 13.8 Å². The molecule has 0 N–H and O–H groups in total. The molecule has 0 aromatic carbocycles. The van der Waals surface area contributed by atoms with E-state index in [1.807, 2.05) is 0 Å². The van der Waals surface area contributed by atoms with Crippen molar-refractivity contribution >= 4 is 11.9 Å². The van der Waals surface area contributed by atoms with Gasteiger partial charge in [-0.15, -0.1) is 0 Å². The van der Waals surface area contributed by atoms with Gasteiger partial charge in [0.1, 0.15) is 0 Å². The molecule has 14 heavy (non-hydrogen) atoms. The first kappa shape index (κ1) is 12.7. The van der Waals surface area contributed by atoms with Gasteiger partial charge in [0.15, 0.2) is 0 Å². The van der Waals surface area contributed by atoms with Gasteiger partial charge in [0.2, 0.25) is 0 Å². The molecule has 0 atom stereocenters. The fourth-order valence-corrected chi connectivity index (χ4v) is 0.879. The van der Waals surface area contributed by atoms with Crippen LogP contribution in [0.25, 0.3) is 0 Å². The highest BCUT2D eigenvalue weighted by molar-refractivity contribution is 5.75. The third-order valence-electron chi connectivity index (χ3n) is 2.00. The van der Waals surface area contributed by atoms with E-state index < -0.39 is 0 Å². The smallest absolute Gasteiger partial charge is 0.309 e. The second kappa shape index (κ2) is 6.18. The van der Waals surface area contributed by atoms with Crippen LogP contribution in [0.3, 0.4) is 0 Å². The van der Waals surface area contributed by atoms with Crippen LogP contribution in [0.5, 0.6) is 0 Å². The first-order valence-electron chi connectivity index (χ1n) is 4.30. The average Bonchev–Trinajstić information content (AvgIpc) is 2.17. The summed E-state index contributed by atoms with van der Waals surface area (Å²) in [5, 5.41) is 0. The van der Waals surface area contributed by atoms with Crippen LogP contribution in [0.4, 0.5) is 0 Å². The summed E-state index contributed by atoms with van der Waals surface area (Å²) in [6.45, 7) is 3.60. The minimum absolute atomic E-state index is 0.222. The van der Waals surface area contributed by atoms with Crippen molar-refractivity contribution in [2.45, 2.75) is 26.7 Å². The standard InChI is InChI=1S/C10H16O4/c1-7(5-9(11)13-3)8(2)6-10(12)14-4/h5-6H2,1-4H3/b8-7-. The molecule has 0 aromatic rings. The Morgan fingerprint density at radius 2 is 1.14 bits per heavy atom. The molecule has 0 amide bonds. The SMILES string of the molecule is COC(=O)C/C(C)=C(/C)CC(=O)OC. The zero-order chi connectivity index (χ0) is 11.1. The van der Waals surface area contributed by atoms with Crippen molar-refractivity contribution in [2.75, 3.05) is 14.2 Å². The van der Waals surface area contributed by atoms with Crippen LogP contribution in [0.1, 0.15) is 26.7 Å². The van der Waals surface area contributed by atoms with Gasteiger partial charge >= 0.3 is 11.9 Å². The third-order valence-corrected chi connectivity index (χ3v) is 2.00. The van der Waals surface area contributed by atoms with Crippen molar-refractivity contribution in [3.63, 3.8) is 0 Å². The first-order chi connectivity index (χ1) is 6.51. The van der Waals surface area contributed by atoms with E-state index in [-0.39, 0.29) is 24.8 Å². The predicted octanol–water partition coefficient (Wildman–Crippen LogP) is 1.45. The maximum atomic E-state index is 10.9. The highest BCUT2D eigenvalue weighted by atomic mass is 16.5. The summed E-state index contributed by atoms with van der Waals surface area (Å²) in [5.41, 5.74) is 1.70. The molecule has 0 spiro atoms. The maximum Gasteiger partial charge on any atom is 0.309 e. The Morgan fingerprint density at radius 3 is 1.36 bits per heavy atom. The van der Waals surface area contributed by atoms with Crippen LogP contribution in [0.2, 0.25) is 0 Å².